The highest BCUT2D eigenvalue weighted by Crippen LogP contribution is 2.53. The Balaban J connectivity index is 1.30. The average molecular weight is 528 g/mol. The van der Waals surface area contributed by atoms with Gasteiger partial charge in [-0.3, -0.25) is 0 Å². The van der Waals surface area contributed by atoms with Crippen LogP contribution in [0.25, 0.3) is 33.0 Å². The molecular formula is C40H33N. The second kappa shape index (κ2) is 8.44. The van der Waals surface area contributed by atoms with Gasteiger partial charge in [-0.1, -0.05) is 107 Å². The van der Waals surface area contributed by atoms with Crippen LogP contribution in [0.4, 0.5) is 17.1 Å². The molecule has 0 bridgehead atoms. The topological polar surface area (TPSA) is 3.24 Å². The lowest BCUT2D eigenvalue weighted by molar-refractivity contribution is 0.660. The Morgan fingerprint density at radius 2 is 0.854 bits per heavy atom. The summed E-state index contributed by atoms with van der Waals surface area (Å²) in [5.41, 5.74) is 14.4. The van der Waals surface area contributed by atoms with Crippen LogP contribution in [0.5, 0.6) is 0 Å². The van der Waals surface area contributed by atoms with Crippen molar-refractivity contribution in [2.75, 3.05) is 4.90 Å². The lowest BCUT2D eigenvalue weighted by Crippen LogP contribution is -2.18. The molecule has 2 aliphatic rings. The molecule has 0 unspecified atom stereocenters. The van der Waals surface area contributed by atoms with Crippen LogP contribution >= 0.6 is 0 Å². The minimum absolute atomic E-state index is 0.0477. The van der Waals surface area contributed by atoms with Gasteiger partial charge in [0, 0.05) is 27.9 Å². The molecule has 8 rings (SSSR count). The molecule has 1 heteroatoms. The molecule has 0 aliphatic heterocycles. The summed E-state index contributed by atoms with van der Waals surface area (Å²) >= 11 is 0. The molecule has 0 heterocycles. The SMILES string of the molecule is CC1(C)c2ccccc2-c2ccc(N(c3ccccc3)c3ccc4c(c3)C(C)(C)c3cc5ccccc5cc3-4)cc21. The third kappa shape index (κ3) is 3.42. The first-order valence-corrected chi connectivity index (χ1v) is 14.6. The van der Waals surface area contributed by atoms with Crippen LogP contribution in [0, 0.1) is 0 Å². The monoisotopic (exact) mass is 527 g/mol. The minimum atomic E-state index is -0.0887. The highest BCUT2D eigenvalue weighted by Gasteiger charge is 2.38. The maximum Gasteiger partial charge on any atom is 0.0465 e. The van der Waals surface area contributed by atoms with Gasteiger partial charge in [0.25, 0.3) is 0 Å². The zero-order valence-electron chi connectivity index (χ0n) is 24.1. The molecule has 0 radical (unpaired) electrons. The molecule has 41 heavy (non-hydrogen) atoms. The van der Waals surface area contributed by atoms with Crippen LogP contribution in [0.2, 0.25) is 0 Å². The normalized spacial score (nSPS) is 15.2. The second-order valence-electron chi connectivity index (χ2n) is 12.7. The molecule has 1 nitrogen and oxygen atoms in total. The first-order chi connectivity index (χ1) is 19.8. The maximum atomic E-state index is 2.43. The molecular weight excluding hydrogens is 494 g/mol. The van der Waals surface area contributed by atoms with Crippen LogP contribution in [0.3, 0.4) is 0 Å². The standard InChI is InChI=1S/C40H33N/c1-39(2)35-17-11-10-16-31(35)32-20-18-29(24-37(32)39)41(28-14-6-5-7-15-28)30-19-21-33-34-22-26-12-8-9-13-27(26)23-36(34)40(3,4)38(33)25-30/h5-25H,1-4H3. The van der Waals surface area contributed by atoms with E-state index in [4.69, 9.17) is 0 Å². The zero-order valence-corrected chi connectivity index (χ0v) is 24.1. The number of hydrogen-bond donors (Lipinski definition) is 0. The van der Waals surface area contributed by atoms with E-state index in [0.717, 1.165) is 0 Å². The highest BCUT2D eigenvalue weighted by molar-refractivity contribution is 5.94. The van der Waals surface area contributed by atoms with Gasteiger partial charge in [-0.05, 0) is 104 Å². The number of hydrogen-bond acceptors (Lipinski definition) is 1. The van der Waals surface area contributed by atoms with Gasteiger partial charge in [-0.2, -0.15) is 0 Å². The van der Waals surface area contributed by atoms with Crippen molar-refractivity contribution < 1.29 is 0 Å². The van der Waals surface area contributed by atoms with Crippen molar-refractivity contribution in [1.29, 1.82) is 0 Å². The van der Waals surface area contributed by atoms with Crippen LogP contribution in [-0.4, -0.2) is 0 Å². The quantitative estimate of drug-likeness (QED) is 0.221. The largest absolute Gasteiger partial charge is 0.310 e. The van der Waals surface area contributed by atoms with Gasteiger partial charge in [0.15, 0.2) is 0 Å². The summed E-state index contributed by atoms with van der Waals surface area (Å²) < 4.78 is 0. The molecule has 0 saturated heterocycles. The van der Waals surface area contributed by atoms with Gasteiger partial charge in [0.2, 0.25) is 0 Å². The highest BCUT2D eigenvalue weighted by atomic mass is 15.1. The summed E-state index contributed by atoms with van der Waals surface area (Å²) in [5.74, 6) is 0. The lowest BCUT2D eigenvalue weighted by Gasteiger charge is -2.29. The smallest absolute Gasteiger partial charge is 0.0465 e. The zero-order chi connectivity index (χ0) is 27.9. The van der Waals surface area contributed by atoms with Crippen molar-refractivity contribution in [1.82, 2.24) is 0 Å². The molecule has 2 aliphatic carbocycles. The van der Waals surface area contributed by atoms with Gasteiger partial charge in [-0.25, -0.2) is 0 Å². The van der Waals surface area contributed by atoms with E-state index in [0.29, 0.717) is 0 Å². The van der Waals surface area contributed by atoms with Gasteiger partial charge in [0.1, 0.15) is 0 Å². The van der Waals surface area contributed by atoms with Gasteiger partial charge < -0.3 is 4.90 Å². The fourth-order valence-corrected chi connectivity index (χ4v) is 7.40. The number of rotatable bonds is 3. The van der Waals surface area contributed by atoms with Crippen LogP contribution in [0.1, 0.15) is 49.9 Å². The Labute approximate surface area is 242 Å². The fourth-order valence-electron chi connectivity index (χ4n) is 7.40. The molecule has 6 aromatic rings. The molecule has 0 amide bonds. The van der Waals surface area contributed by atoms with Gasteiger partial charge >= 0.3 is 0 Å². The molecule has 0 saturated carbocycles. The van der Waals surface area contributed by atoms with E-state index in [9.17, 15) is 0 Å². The molecule has 0 N–H and O–H groups in total. The molecule has 6 aromatic carbocycles. The number of para-hydroxylation sites is 1. The van der Waals surface area contributed by atoms with E-state index >= 15 is 0 Å². The molecule has 0 spiro atoms. The molecule has 0 aromatic heterocycles. The number of fused-ring (bicyclic) bond motifs is 7. The van der Waals surface area contributed by atoms with E-state index in [1.807, 2.05) is 0 Å². The first kappa shape index (κ1) is 24.2. The Bertz CT molecular complexity index is 1990. The molecule has 198 valence electrons. The Morgan fingerprint density at radius 3 is 1.54 bits per heavy atom. The summed E-state index contributed by atoms with van der Waals surface area (Å²) in [7, 11) is 0. The van der Waals surface area contributed by atoms with E-state index in [1.165, 1.54) is 72.3 Å². The predicted octanol–water partition coefficient (Wildman–Crippen LogP) is 10.9. The van der Waals surface area contributed by atoms with Crippen LogP contribution in [-0.2, 0) is 10.8 Å². The summed E-state index contributed by atoms with van der Waals surface area (Å²) in [5, 5.41) is 2.60. The van der Waals surface area contributed by atoms with Gasteiger partial charge in [0.05, 0.1) is 0 Å². The van der Waals surface area contributed by atoms with Gasteiger partial charge in [-0.15, -0.1) is 0 Å². The van der Waals surface area contributed by atoms with Crippen molar-refractivity contribution in [3.05, 3.63) is 150 Å². The summed E-state index contributed by atoms with van der Waals surface area (Å²) in [6.45, 7) is 9.46. The van der Waals surface area contributed by atoms with E-state index in [-0.39, 0.29) is 10.8 Å². The number of nitrogens with zero attached hydrogens (tertiary/aromatic N) is 1. The van der Waals surface area contributed by atoms with Crippen molar-refractivity contribution in [3.8, 4) is 22.3 Å². The molecule has 0 atom stereocenters. The van der Waals surface area contributed by atoms with E-state index < -0.39 is 0 Å². The Kier molecular flexibility index (Phi) is 4.98. The lowest BCUT2D eigenvalue weighted by atomic mass is 9.81. The van der Waals surface area contributed by atoms with Crippen molar-refractivity contribution in [3.63, 3.8) is 0 Å². The fraction of sp³-hybridized carbons (Fsp3) is 0.150. The third-order valence-corrected chi connectivity index (χ3v) is 9.62. The molecule has 0 fully saturated rings. The third-order valence-electron chi connectivity index (χ3n) is 9.62. The average Bonchev–Trinajstić information content (AvgIpc) is 3.36. The minimum Gasteiger partial charge on any atom is -0.310 e. The first-order valence-electron chi connectivity index (χ1n) is 14.6. The number of anilines is 3. The van der Waals surface area contributed by atoms with Crippen LogP contribution in [0.15, 0.2) is 127 Å². The van der Waals surface area contributed by atoms with E-state index in [1.54, 1.807) is 0 Å². The van der Waals surface area contributed by atoms with Crippen molar-refractivity contribution in [2.24, 2.45) is 0 Å². The Hall–Kier alpha value is -4.62. The van der Waals surface area contributed by atoms with E-state index in [2.05, 4.69) is 160 Å². The second-order valence-corrected chi connectivity index (χ2v) is 12.7. The maximum absolute atomic E-state index is 2.43. The Morgan fingerprint density at radius 1 is 0.366 bits per heavy atom. The number of benzene rings is 6. The van der Waals surface area contributed by atoms with Crippen molar-refractivity contribution in [2.45, 2.75) is 38.5 Å². The van der Waals surface area contributed by atoms with Crippen LogP contribution < -0.4 is 4.90 Å². The summed E-state index contributed by atoms with van der Waals surface area (Å²) in [6.07, 6.45) is 0. The summed E-state index contributed by atoms with van der Waals surface area (Å²) in [4.78, 5) is 2.43. The van der Waals surface area contributed by atoms with Crippen molar-refractivity contribution >= 4 is 27.8 Å². The predicted molar refractivity (Wildman–Crippen MR) is 174 cm³/mol. The summed E-state index contributed by atoms with van der Waals surface area (Å²) in [6, 6.07) is 47.3.